The van der Waals surface area contributed by atoms with Gasteiger partial charge in [-0.2, -0.15) is 5.26 Å². The Morgan fingerprint density at radius 1 is 1.26 bits per heavy atom. The van der Waals surface area contributed by atoms with Crippen LogP contribution in [0.3, 0.4) is 0 Å². The second-order valence-electron chi connectivity index (χ2n) is 6.50. The van der Waals surface area contributed by atoms with Gasteiger partial charge in [-0.1, -0.05) is 23.8 Å². The Labute approximate surface area is 159 Å². The van der Waals surface area contributed by atoms with Crippen molar-refractivity contribution in [1.29, 1.82) is 5.26 Å². The van der Waals surface area contributed by atoms with Crippen LogP contribution in [0.4, 0.5) is 5.00 Å². The third-order valence-electron chi connectivity index (χ3n) is 4.71. The molecule has 3 aromatic rings. The lowest BCUT2D eigenvalue weighted by atomic mass is 10.1. The second-order valence-corrected chi connectivity index (χ2v) is 7.60. The van der Waals surface area contributed by atoms with Crippen molar-refractivity contribution in [2.45, 2.75) is 38.6 Å². The first kappa shape index (κ1) is 17.4. The molecule has 27 heavy (non-hydrogen) atoms. The molecule has 0 spiro atoms. The van der Waals surface area contributed by atoms with E-state index < -0.39 is 5.91 Å². The van der Waals surface area contributed by atoms with Crippen molar-refractivity contribution in [2.24, 2.45) is 0 Å². The summed E-state index contributed by atoms with van der Waals surface area (Å²) in [6.07, 6.45) is 5.15. The number of hydrogen-bond acceptors (Lipinski definition) is 6. The molecular weight excluding hydrogens is 362 g/mol. The number of carbonyl (C=O) groups excluding carboxylic acids is 1. The van der Waals surface area contributed by atoms with Gasteiger partial charge in [-0.15, -0.1) is 16.4 Å². The molecule has 4 rings (SSSR count). The SMILES string of the molecule is N#Cc1c(NC(=O)Cn2nnc3ccccc3c2=O)sc2c1CCCCC2. The molecule has 0 saturated carbocycles. The molecule has 1 amide bonds. The lowest BCUT2D eigenvalue weighted by molar-refractivity contribution is -0.117. The third-order valence-corrected chi connectivity index (χ3v) is 5.92. The molecule has 1 aliphatic rings. The monoisotopic (exact) mass is 379 g/mol. The summed E-state index contributed by atoms with van der Waals surface area (Å²) < 4.78 is 1.04. The number of rotatable bonds is 3. The zero-order valence-corrected chi connectivity index (χ0v) is 15.4. The van der Waals surface area contributed by atoms with E-state index in [-0.39, 0.29) is 12.1 Å². The first-order valence-corrected chi connectivity index (χ1v) is 9.66. The number of hydrogen-bond donors (Lipinski definition) is 1. The molecule has 0 bridgehead atoms. The molecule has 7 nitrogen and oxygen atoms in total. The predicted octanol–water partition coefficient (Wildman–Crippen LogP) is 2.63. The Kier molecular flexibility index (Phi) is 4.69. The van der Waals surface area contributed by atoms with Gasteiger partial charge in [0.15, 0.2) is 0 Å². The van der Waals surface area contributed by atoms with Crippen LogP contribution in [-0.4, -0.2) is 20.9 Å². The van der Waals surface area contributed by atoms with Gasteiger partial charge >= 0.3 is 0 Å². The summed E-state index contributed by atoms with van der Waals surface area (Å²) in [7, 11) is 0. The summed E-state index contributed by atoms with van der Waals surface area (Å²) in [6, 6.07) is 9.11. The Hall–Kier alpha value is -3.05. The maximum atomic E-state index is 12.5. The smallest absolute Gasteiger partial charge is 0.278 e. The number of benzene rings is 1. The average molecular weight is 379 g/mol. The molecule has 0 fully saturated rings. The molecular formula is C19H17N5O2S. The number of aromatic nitrogens is 3. The number of fused-ring (bicyclic) bond motifs is 2. The molecule has 1 N–H and O–H groups in total. The summed E-state index contributed by atoms with van der Waals surface area (Å²) in [5, 5.41) is 21.1. The van der Waals surface area contributed by atoms with Gasteiger partial charge in [0, 0.05) is 4.88 Å². The van der Waals surface area contributed by atoms with Gasteiger partial charge in [-0.05, 0) is 43.4 Å². The topological polar surface area (TPSA) is 101 Å². The maximum absolute atomic E-state index is 12.5. The number of carbonyl (C=O) groups is 1. The Bertz CT molecular complexity index is 1130. The van der Waals surface area contributed by atoms with Gasteiger partial charge in [0.25, 0.3) is 5.56 Å². The molecule has 0 radical (unpaired) electrons. The Morgan fingerprint density at radius 2 is 2.07 bits per heavy atom. The zero-order chi connectivity index (χ0) is 18.8. The van der Waals surface area contributed by atoms with Gasteiger partial charge in [-0.3, -0.25) is 9.59 Å². The van der Waals surface area contributed by atoms with Crippen LogP contribution >= 0.6 is 11.3 Å². The highest BCUT2D eigenvalue weighted by atomic mass is 32.1. The fourth-order valence-corrected chi connectivity index (χ4v) is 4.63. The van der Waals surface area contributed by atoms with E-state index in [1.807, 2.05) is 0 Å². The molecule has 0 saturated heterocycles. The van der Waals surface area contributed by atoms with Crippen LogP contribution < -0.4 is 10.9 Å². The number of aryl methyl sites for hydroxylation is 1. The summed E-state index contributed by atoms with van der Waals surface area (Å²) in [5.74, 6) is -0.394. The van der Waals surface area contributed by atoms with E-state index in [0.717, 1.165) is 42.3 Å². The molecule has 8 heteroatoms. The Balaban J connectivity index is 1.58. The van der Waals surface area contributed by atoms with Gasteiger partial charge in [0.1, 0.15) is 23.1 Å². The van der Waals surface area contributed by atoms with Gasteiger partial charge in [0.05, 0.1) is 10.9 Å². The maximum Gasteiger partial charge on any atom is 0.278 e. The summed E-state index contributed by atoms with van der Waals surface area (Å²) >= 11 is 1.47. The minimum Gasteiger partial charge on any atom is -0.315 e. The highest BCUT2D eigenvalue weighted by molar-refractivity contribution is 7.16. The molecule has 0 unspecified atom stereocenters. The van der Waals surface area contributed by atoms with Crippen molar-refractivity contribution in [3.05, 3.63) is 50.6 Å². The quantitative estimate of drug-likeness (QED) is 0.705. The van der Waals surface area contributed by atoms with Crippen LogP contribution in [0.25, 0.3) is 10.9 Å². The van der Waals surface area contributed by atoms with Gasteiger partial charge in [0.2, 0.25) is 5.91 Å². The van der Waals surface area contributed by atoms with Crippen LogP contribution in [0.15, 0.2) is 29.1 Å². The predicted molar refractivity (Wildman–Crippen MR) is 103 cm³/mol. The zero-order valence-electron chi connectivity index (χ0n) is 14.6. The molecule has 2 heterocycles. The van der Waals surface area contributed by atoms with Crippen molar-refractivity contribution in [2.75, 3.05) is 5.32 Å². The summed E-state index contributed by atoms with van der Waals surface area (Å²) in [6.45, 7) is -0.246. The lowest BCUT2D eigenvalue weighted by Crippen LogP contribution is -2.30. The number of amides is 1. The van der Waals surface area contributed by atoms with E-state index in [9.17, 15) is 14.9 Å². The van der Waals surface area contributed by atoms with Crippen molar-refractivity contribution in [3.63, 3.8) is 0 Å². The average Bonchev–Trinajstić information content (AvgIpc) is 2.83. The van der Waals surface area contributed by atoms with E-state index in [1.54, 1.807) is 24.3 Å². The second kappa shape index (κ2) is 7.29. The van der Waals surface area contributed by atoms with Crippen LogP contribution in [0.5, 0.6) is 0 Å². The lowest BCUT2D eigenvalue weighted by Gasteiger charge is -2.06. The van der Waals surface area contributed by atoms with Crippen molar-refractivity contribution >= 4 is 33.1 Å². The van der Waals surface area contributed by atoms with Crippen molar-refractivity contribution in [3.8, 4) is 6.07 Å². The Morgan fingerprint density at radius 3 is 2.93 bits per heavy atom. The van der Waals surface area contributed by atoms with Gasteiger partial charge in [-0.25, -0.2) is 4.68 Å². The van der Waals surface area contributed by atoms with Gasteiger partial charge < -0.3 is 5.32 Å². The molecule has 136 valence electrons. The van der Waals surface area contributed by atoms with Crippen molar-refractivity contribution < 1.29 is 4.79 Å². The largest absolute Gasteiger partial charge is 0.315 e. The third kappa shape index (κ3) is 3.34. The molecule has 1 aromatic carbocycles. The number of thiophene rings is 1. The van der Waals surface area contributed by atoms with Crippen LogP contribution in [0.1, 0.15) is 35.3 Å². The first-order valence-electron chi connectivity index (χ1n) is 8.84. The van der Waals surface area contributed by atoms with E-state index in [2.05, 4.69) is 21.7 Å². The first-order chi connectivity index (χ1) is 13.2. The number of anilines is 1. The van der Waals surface area contributed by atoms with E-state index in [0.29, 0.717) is 21.5 Å². The van der Waals surface area contributed by atoms with Crippen LogP contribution in [0.2, 0.25) is 0 Å². The molecule has 0 atom stereocenters. The number of nitriles is 1. The van der Waals surface area contributed by atoms with E-state index in [1.165, 1.54) is 16.2 Å². The minimum absolute atomic E-state index is 0.246. The van der Waals surface area contributed by atoms with Crippen LogP contribution in [0, 0.1) is 11.3 Å². The van der Waals surface area contributed by atoms with E-state index >= 15 is 0 Å². The molecule has 1 aliphatic carbocycles. The normalized spacial score (nSPS) is 13.6. The summed E-state index contributed by atoms with van der Waals surface area (Å²) in [4.78, 5) is 26.1. The fraction of sp³-hybridized carbons (Fsp3) is 0.316. The highest BCUT2D eigenvalue weighted by Crippen LogP contribution is 2.36. The minimum atomic E-state index is -0.394. The van der Waals surface area contributed by atoms with E-state index in [4.69, 9.17) is 0 Å². The van der Waals surface area contributed by atoms with Crippen molar-refractivity contribution in [1.82, 2.24) is 15.0 Å². The van der Waals surface area contributed by atoms with Crippen LogP contribution in [-0.2, 0) is 24.2 Å². The standard InChI is InChI=1S/C19H17N5O2S/c20-10-14-12-6-2-1-3-9-16(12)27-18(14)21-17(25)11-24-19(26)13-7-4-5-8-15(13)22-23-24/h4-5,7-8H,1-3,6,9,11H2,(H,21,25). The molecule has 2 aromatic heterocycles. The fourth-order valence-electron chi connectivity index (χ4n) is 3.38. The summed E-state index contributed by atoms with van der Waals surface area (Å²) in [5.41, 5.74) is 1.76. The highest BCUT2D eigenvalue weighted by Gasteiger charge is 2.21. The number of nitrogens with one attached hydrogen (secondary N) is 1. The number of nitrogens with zero attached hydrogens (tertiary/aromatic N) is 4. The molecule has 0 aliphatic heterocycles.